The molecule has 0 saturated heterocycles. The van der Waals surface area contributed by atoms with E-state index in [9.17, 15) is 9.90 Å². The molecule has 98 valence electrons. The minimum atomic E-state index is -0.186. The van der Waals surface area contributed by atoms with Crippen molar-refractivity contribution >= 4 is 5.91 Å². The van der Waals surface area contributed by atoms with Crippen molar-refractivity contribution < 1.29 is 9.90 Å². The molecule has 0 fully saturated rings. The summed E-state index contributed by atoms with van der Waals surface area (Å²) in [5.74, 6) is 0.641. The maximum absolute atomic E-state index is 12.0. The third-order valence-electron chi connectivity index (χ3n) is 2.72. The van der Waals surface area contributed by atoms with Crippen molar-refractivity contribution in [3.05, 3.63) is 53.1 Å². The fourth-order valence-electron chi connectivity index (χ4n) is 1.77. The van der Waals surface area contributed by atoms with Gasteiger partial charge >= 0.3 is 0 Å². The lowest BCUT2D eigenvalue weighted by atomic mass is 10.1. The second-order valence-corrected chi connectivity index (χ2v) is 4.28. The van der Waals surface area contributed by atoms with Crippen LogP contribution in [0, 0.1) is 13.8 Å². The number of aromatic hydroxyl groups is 1. The van der Waals surface area contributed by atoms with E-state index in [0.717, 1.165) is 11.3 Å². The van der Waals surface area contributed by atoms with Crippen LogP contribution < -0.4 is 5.32 Å². The zero-order valence-electron chi connectivity index (χ0n) is 10.8. The molecule has 1 heterocycles. The van der Waals surface area contributed by atoms with E-state index in [2.05, 4.69) is 15.3 Å². The van der Waals surface area contributed by atoms with Crippen LogP contribution in [0.25, 0.3) is 0 Å². The Labute approximate surface area is 111 Å². The van der Waals surface area contributed by atoms with Gasteiger partial charge in [0.1, 0.15) is 11.6 Å². The number of phenols is 1. The monoisotopic (exact) mass is 257 g/mol. The molecule has 2 rings (SSSR count). The lowest BCUT2D eigenvalue weighted by Gasteiger charge is -2.08. The minimum absolute atomic E-state index is 0.153. The van der Waals surface area contributed by atoms with Crippen LogP contribution in [0.2, 0.25) is 0 Å². The van der Waals surface area contributed by atoms with Gasteiger partial charge in [0.05, 0.1) is 12.2 Å². The minimum Gasteiger partial charge on any atom is -0.508 e. The van der Waals surface area contributed by atoms with Gasteiger partial charge in [0.25, 0.3) is 5.91 Å². The molecule has 0 bridgehead atoms. The molecule has 0 atom stereocenters. The molecule has 19 heavy (non-hydrogen) atoms. The molecule has 1 amide bonds. The van der Waals surface area contributed by atoms with Crippen molar-refractivity contribution in [2.45, 2.75) is 20.4 Å². The maximum atomic E-state index is 12.0. The summed E-state index contributed by atoms with van der Waals surface area (Å²) in [4.78, 5) is 20.2. The summed E-state index contributed by atoms with van der Waals surface area (Å²) in [6.07, 6.45) is 1.66. The van der Waals surface area contributed by atoms with Gasteiger partial charge in [-0.05, 0) is 43.7 Å². The number of nitrogens with zero attached hydrogens (tertiary/aromatic N) is 2. The van der Waals surface area contributed by atoms with Crippen LogP contribution in [0.15, 0.2) is 30.5 Å². The number of carbonyl (C=O) groups excluding carboxylic acids is 1. The average Bonchev–Trinajstić information content (AvgIpc) is 2.36. The van der Waals surface area contributed by atoms with Crippen molar-refractivity contribution in [3.8, 4) is 5.75 Å². The highest BCUT2D eigenvalue weighted by Gasteiger charge is 2.09. The number of hydrogen-bond donors (Lipinski definition) is 2. The van der Waals surface area contributed by atoms with Crippen LogP contribution in [-0.2, 0) is 6.54 Å². The third-order valence-corrected chi connectivity index (χ3v) is 2.72. The Morgan fingerprint density at radius 2 is 2.11 bits per heavy atom. The van der Waals surface area contributed by atoms with Crippen molar-refractivity contribution in [2.24, 2.45) is 0 Å². The lowest BCUT2D eigenvalue weighted by Crippen LogP contribution is -2.24. The summed E-state index contributed by atoms with van der Waals surface area (Å²) in [5, 5.41) is 12.1. The number of benzene rings is 1. The number of aromatic nitrogens is 2. The van der Waals surface area contributed by atoms with E-state index in [1.807, 2.05) is 0 Å². The fraction of sp³-hybridized carbons (Fsp3) is 0.214. The Morgan fingerprint density at radius 1 is 1.32 bits per heavy atom. The van der Waals surface area contributed by atoms with Crippen molar-refractivity contribution in [3.63, 3.8) is 0 Å². The second-order valence-electron chi connectivity index (χ2n) is 4.28. The molecular formula is C14H15N3O2. The smallest absolute Gasteiger partial charge is 0.251 e. The Morgan fingerprint density at radius 3 is 2.79 bits per heavy atom. The van der Waals surface area contributed by atoms with Crippen LogP contribution in [0.1, 0.15) is 27.4 Å². The number of nitrogens with one attached hydrogen (secondary N) is 1. The van der Waals surface area contributed by atoms with Gasteiger partial charge in [0.15, 0.2) is 0 Å². The number of hydrogen-bond acceptors (Lipinski definition) is 4. The first kappa shape index (κ1) is 13.0. The highest BCUT2D eigenvalue weighted by atomic mass is 16.3. The zero-order chi connectivity index (χ0) is 13.8. The molecule has 0 spiro atoms. The van der Waals surface area contributed by atoms with Gasteiger partial charge in [-0.3, -0.25) is 4.79 Å². The van der Waals surface area contributed by atoms with Crippen LogP contribution in [-0.4, -0.2) is 21.0 Å². The van der Waals surface area contributed by atoms with Crippen molar-refractivity contribution in [1.82, 2.24) is 15.3 Å². The van der Waals surface area contributed by atoms with Crippen LogP contribution in [0.3, 0.4) is 0 Å². The van der Waals surface area contributed by atoms with E-state index in [1.165, 1.54) is 6.07 Å². The number of carbonyl (C=O) groups is 1. The largest absolute Gasteiger partial charge is 0.508 e. The van der Waals surface area contributed by atoms with E-state index >= 15 is 0 Å². The molecular weight excluding hydrogens is 242 g/mol. The summed E-state index contributed by atoms with van der Waals surface area (Å²) in [6, 6.07) is 6.42. The van der Waals surface area contributed by atoms with E-state index in [-0.39, 0.29) is 11.7 Å². The van der Waals surface area contributed by atoms with Gasteiger partial charge in [-0.1, -0.05) is 0 Å². The number of amides is 1. The Hall–Kier alpha value is -2.43. The highest BCUT2D eigenvalue weighted by Crippen LogP contribution is 2.15. The SMILES string of the molecule is Cc1nccc(CNC(=O)c2ccc(O)cc2C)n1. The standard InChI is InChI=1S/C14H15N3O2/c1-9-7-12(18)3-4-13(9)14(19)16-8-11-5-6-15-10(2)17-11/h3-7,18H,8H2,1-2H3,(H,16,19). The Balaban J connectivity index is 2.05. The molecule has 2 aromatic rings. The van der Waals surface area contributed by atoms with Crippen molar-refractivity contribution in [1.29, 1.82) is 0 Å². The third kappa shape index (κ3) is 3.28. The second kappa shape index (κ2) is 5.48. The average molecular weight is 257 g/mol. The first-order valence-electron chi connectivity index (χ1n) is 5.92. The fourth-order valence-corrected chi connectivity index (χ4v) is 1.77. The molecule has 2 N–H and O–H groups in total. The molecule has 1 aromatic carbocycles. The number of phenolic OH excluding ortho intramolecular Hbond substituents is 1. The van der Waals surface area contributed by atoms with E-state index in [1.54, 1.807) is 38.2 Å². The molecule has 0 radical (unpaired) electrons. The molecule has 0 saturated carbocycles. The molecule has 0 aliphatic rings. The summed E-state index contributed by atoms with van der Waals surface area (Å²) in [5.41, 5.74) is 2.04. The van der Waals surface area contributed by atoms with Crippen LogP contribution >= 0.6 is 0 Å². The van der Waals surface area contributed by atoms with Crippen LogP contribution in [0.4, 0.5) is 0 Å². The van der Waals surface area contributed by atoms with E-state index in [0.29, 0.717) is 17.9 Å². The highest BCUT2D eigenvalue weighted by molar-refractivity contribution is 5.95. The van der Waals surface area contributed by atoms with E-state index < -0.39 is 0 Å². The number of aryl methyl sites for hydroxylation is 2. The van der Waals surface area contributed by atoms with Crippen LogP contribution in [0.5, 0.6) is 5.75 Å². The first-order valence-corrected chi connectivity index (χ1v) is 5.92. The molecule has 5 heteroatoms. The van der Waals surface area contributed by atoms with Gasteiger partial charge in [0, 0.05) is 11.8 Å². The molecule has 0 aliphatic heterocycles. The normalized spacial score (nSPS) is 10.2. The maximum Gasteiger partial charge on any atom is 0.251 e. The topological polar surface area (TPSA) is 75.1 Å². The van der Waals surface area contributed by atoms with Gasteiger partial charge < -0.3 is 10.4 Å². The first-order chi connectivity index (χ1) is 9.06. The van der Waals surface area contributed by atoms with E-state index in [4.69, 9.17) is 0 Å². The molecule has 0 aliphatic carbocycles. The summed E-state index contributed by atoms with van der Waals surface area (Å²) in [7, 11) is 0. The van der Waals surface area contributed by atoms with Gasteiger partial charge in [-0.15, -0.1) is 0 Å². The van der Waals surface area contributed by atoms with Gasteiger partial charge in [-0.2, -0.15) is 0 Å². The number of rotatable bonds is 3. The quantitative estimate of drug-likeness (QED) is 0.878. The molecule has 5 nitrogen and oxygen atoms in total. The molecule has 1 aromatic heterocycles. The van der Waals surface area contributed by atoms with Crippen molar-refractivity contribution in [2.75, 3.05) is 0 Å². The van der Waals surface area contributed by atoms with Gasteiger partial charge in [-0.25, -0.2) is 9.97 Å². The summed E-state index contributed by atoms with van der Waals surface area (Å²) >= 11 is 0. The predicted molar refractivity (Wildman–Crippen MR) is 70.8 cm³/mol. The summed E-state index contributed by atoms with van der Waals surface area (Å²) in [6.45, 7) is 3.93. The van der Waals surface area contributed by atoms with Gasteiger partial charge in [0.2, 0.25) is 0 Å². The Kier molecular flexibility index (Phi) is 3.75. The predicted octanol–water partition coefficient (Wildman–Crippen LogP) is 1.73. The zero-order valence-corrected chi connectivity index (χ0v) is 10.8. The molecule has 0 unspecified atom stereocenters. The Bertz CT molecular complexity index is 611. The lowest BCUT2D eigenvalue weighted by molar-refractivity contribution is 0.0949. The summed E-state index contributed by atoms with van der Waals surface area (Å²) < 4.78 is 0.